The Morgan fingerprint density at radius 3 is 2.32 bits per heavy atom. The second-order valence-corrected chi connectivity index (χ2v) is 6.96. The van der Waals surface area contributed by atoms with Crippen LogP contribution in [0.2, 0.25) is 0 Å². The molecule has 2 rings (SSSR count). The smallest absolute Gasteiger partial charge is 0.355 e. The van der Waals surface area contributed by atoms with Crippen LogP contribution in [0.15, 0.2) is 30.3 Å². The van der Waals surface area contributed by atoms with Crippen LogP contribution in [0.1, 0.15) is 71.3 Å². The van der Waals surface area contributed by atoms with Gasteiger partial charge in [0.1, 0.15) is 5.69 Å². The Hall–Kier alpha value is -2.56. The molecule has 0 atom stereocenters. The van der Waals surface area contributed by atoms with Gasteiger partial charge < -0.3 is 14.2 Å². The molecule has 1 aromatic heterocycles. The Morgan fingerprint density at radius 2 is 1.75 bits per heavy atom. The first-order valence-corrected chi connectivity index (χ1v) is 10.2. The largest absolute Gasteiger partial charge is 0.461 e. The van der Waals surface area contributed by atoms with E-state index in [2.05, 4.69) is 6.92 Å². The zero-order valence-corrected chi connectivity index (χ0v) is 17.7. The van der Waals surface area contributed by atoms with Crippen LogP contribution in [0, 0.1) is 13.8 Å². The van der Waals surface area contributed by atoms with Gasteiger partial charge in [0.2, 0.25) is 0 Å². The van der Waals surface area contributed by atoms with Crippen molar-refractivity contribution in [3.8, 4) is 0 Å². The van der Waals surface area contributed by atoms with E-state index >= 15 is 0 Å². The molecule has 0 saturated carbocycles. The molecule has 152 valence electrons. The molecule has 0 saturated heterocycles. The highest BCUT2D eigenvalue weighted by Crippen LogP contribution is 2.25. The summed E-state index contributed by atoms with van der Waals surface area (Å²) < 4.78 is 7.13. The third kappa shape index (κ3) is 4.64. The summed E-state index contributed by atoms with van der Waals surface area (Å²) >= 11 is 0. The van der Waals surface area contributed by atoms with E-state index in [0.29, 0.717) is 43.1 Å². The molecule has 28 heavy (non-hydrogen) atoms. The summed E-state index contributed by atoms with van der Waals surface area (Å²) in [5, 5.41) is 0. The number of carbonyl (C=O) groups excluding carboxylic acids is 2. The normalized spacial score (nSPS) is 10.8. The van der Waals surface area contributed by atoms with Gasteiger partial charge in [0.15, 0.2) is 0 Å². The van der Waals surface area contributed by atoms with Gasteiger partial charge in [-0.15, -0.1) is 0 Å². The van der Waals surface area contributed by atoms with Crippen molar-refractivity contribution in [3.05, 3.63) is 58.4 Å². The summed E-state index contributed by atoms with van der Waals surface area (Å²) in [6, 6.07) is 10.0. The molecule has 1 aromatic carbocycles. The Balaban J connectivity index is 2.44. The molecule has 0 unspecified atom stereocenters. The molecule has 0 N–H and O–H groups in total. The fraction of sp³-hybridized carbons (Fsp3) is 0.478. The predicted octanol–water partition coefficient (Wildman–Crippen LogP) is 4.74. The molecule has 0 aliphatic carbocycles. The zero-order valence-electron chi connectivity index (χ0n) is 17.7. The van der Waals surface area contributed by atoms with Crippen LogP contribution in [-0.2, 0) is 17.8 Å². The standard InChI is InChI=1S/C23H32N2O3/c1-6-9-15-24(16-19-13-11-10-12-14-19)22(26)20-17(4)21(23(27)28-8-3)25(7-2)18(20)5/h10-14H,6-9,15-16H2,1-5H3. The van der Waals surface area contributed by atoms with Crippen molar-refractivity contribution in [2.45, 2.75) is 60.5 Å². The maximum Gasteiger partial charge on any atom is 0.355 e. The third-order valence-corrected chi connectivity index (χ3v) is 5.05. The highest BCUT2D eigenvalue weighted by Gasteiger charge is 2.29. The van der Waals surface area contributed by atoms with Crippen LogP contribution >= 0.6 is 0 Å². The van der Waals surface area contributed by atoms with Gasteiger partial charge in [0, 0.05) is 25.3 Å². The summed E-state index contributed by atoms with van der Waals surface area (Å²) in [6.07, 6.45) is 1.95. The monoisotopic (exact) mass is 384 g/mol. The van der Waals surface area contributed by atoms with E-state index in [1.807, 2.05) is 60.6 Å². The number of aromatic nitrogens is 1. The summed E-state index contributed by atoms with van der Waals surface area (Å²) in [7, 11) is 0. The Kier molecular flexibility index (Phi) is 7.85. The quantitative estimate of drug-likeness (QED) is 0.587. The number of unbranched alkanes of at least 4 members (excludes halogenated alkanes) is 1. The van der Waals surface area contributed by atoms with E-state index in [1.54, 1.807) is 6.92 Å². The van der Waals surface area contributed by atoms with Gasteiger partial charge in [0.05, 0.1) is 12.2 Å². The van der Waals surface area contributed by atoms with Crippen molar-refractivity contribution in [2.75, 3.05) is 13.2 Å². The zero-order chi connectivity index (χ0) is 20.7. The van der Waals surface area contributed by atoms with Gasteiger partial charge in [-0.3, -0.25) is 4.79 Å². The molecule has 0 fully saturated rings. The number of amides is 1. The Labute approximate surface area is 168 Å². The molecule has 0 aliphatic heterocycles. The lowest BCUT2D eigenvalue weighted by atomic mass is 10.1. The van der Waals surface area contributed by atoms with Gasteiger partial charge in [-0.05, 0) is 45.2 Å². The number of esters is 1. The van der Waals surface area contributed by atoms with E-state index in [0.717, 1.165) is 24.1 Å². The van der Waals surface area contributed by atoms with Crippen molar-refractivity contribution in [1.29, 1.82) is 0 Å². The first-order valence-electron chi connectivity index (χ1n) is 10.2. The first-order chi connectivity index (χ1) is 13.5. The topological polar surface area (TPSA) is 51.5 Å². The lowest BCUT2D eigenvalue weighted by Gasteiger charge is -2.23. The van der Waals surface area contributed by atoms with E-state index in [4.69, 9.17) is 4.74 Å². The molecule has 0 radical (unpaired) electrons. The van der Waals surface area contributed by atoms with Crippen molar-refractivity contribution in [3.63, 3.8) is 0 Å². The predicted molar refractivity (Wildman–Crippen MR) is 112 cm³/mol. The Bertz CT molecular complexity index is 809. The number of carbonyl (C=O) groups is 2. The van der Waals surface area contributed by atoms with Crippen molar-refractivity contribution >= 4 is 11.9 Å². The fourth-order valence-corrected chi connectivity index (χ4v) is 3.63. The highest BCUT2D eigenvalue weighted by atomic mass is 16.5. The summed E-state index contributed by atoms with van der Waals surface area (Å²) in [5.74, 6) is -0.391. The molecule has 2 aromatic rings. The molecule has 5 nitrogen and oxygen atoms in total. The maximum atomic E-state index is 13.5. The second kappa shape index (κ2) is 10.1. The van der Waals surface area contributed by atoms with Crippen molar-refractivity contribution in [1.82, 2.24) is 9.47 Å². The molecule has 0 aliphatic rings. The van der Waals surface area contributed by atoms with Crippen LogP contribution in [0.4, 0.5) is 0 Å². The summed E-state index contributed by atoms with van der Waals surface area (Å²) in [5.41, 5.74) is 3.74. The lowest BCUT2D eigenvalue weighted by molar-refractivity contribution is 0.0512. The molecular formula is C23H32N2O3. The van der Waals surface area contributed by atoms with E-state index in [1.165, 1.54) is 0 Å². The van der Waals surface area contributed by atoms with Gasteiger partial charge in [-0.1, -0.05) is 43.7 Å². The van der Waals surface area contributed by atoms with E-state index < -0.39 is 0 Å². The highest BCUT2D eigenvalue weighted by molar-refractivity contribution is 6.01. The van der Waals surface area contributed by atoms with Crippen LogP contribution in [0.3, 0.4) is 0 Å². The number of benzene rings is 1. The Morgan fingerprint density at radius 1 is 1.07 bits per heavy atom. The second-order valence-electron chi connectivity index (χ2n) is 6.96. The summed E-state index contributed by atoms with van der Waals surface area (Å²) in [6.45, 7) is 11.8. The van der Waals surface area contributed by atoms with Crippen LogP contribution < -0.4 is 0 Å². The molecule has 1 amide bonds. The number of hydrogen-bond donors (Lipinski definition) is 0. The minimum Gasteiger partial charge on any atom is -0.461 e. The average molecular weight is 385 g/mol. The van der Waals surface area contributed by atoms with Crippen LogP contribution in [0.25, 0.3) is 0 Å². The lowest BCUT2D eigenvalue weighted by Crippen LogP contribution is -2.32. The van der Waals surface area contributed by atoms with Crippen molar-refractivity contribution < 1.29 is 14.3 Å². The van der Waals surface area contributed by atoms with Crippen LogP contribution in [0.5, 0.6) is 0 Å². The first kappa shape index (κ1) is 21.7. The molecule has 0 bridgehead atoms. The van der Waals surface area contributed by atoms with E-state index in [-0.39, 0.29) is 11.9 Å². The molecule has 0 spiro atoms. The van der Waals surface area contributed by atoms with Crippen molar-refractivity contribution in [2.24, 2.45) is 0 Å². The maximum absolute atomic E-state index is 13.5. The number of rotatable bonds is 9. The minimum absolute atomic E-state index is 0.0231. The number of nitrogens with zero attached hydrogens (tertiary/aromatic N) is 2. The van der Waals surface area contributed by atoms with Gasteiger partial charge >= 0.3 is 5.97 Å². The van der Waals surface area contributed by atoms with Gasteiger partial charge in [-0.2, -0.15) is 0 Å². The molecule has 1 heterocycles. The van der Waals surface area contributed by atoms with Gasteiger partial charge in [0.25, 0.3) is 5.91 Å². The molecular weight excluding hydrogens is 352 g/mol. The minimum atomic E-state index is -0.368. The van der Waals surface area contributed by atoms with E-state index in [9.17, 15) is 9.59 Å². The molecule has 5 heteroatoms. The number of ether oxygens (including phenoxy) is 1. The van der Waals surface area contributed by atoms with Gasteiger partial charge in [-0.25, -0.2) is 4.79 Å². The number of hydrogen-bond acceptors (Lipinski definition) is 3. The average Bonchev–Trinajstić information content (AvgIpc) is 2.95. The van der Waals surface area contributed by atoms with Crippen LogP contribution in [-0.4, -0.2) is 34.5 Å². The third-order valence-electron chi connectivity index (χ3n) is 5.05. The SMILES string of the molecule is CCCCN(Cc1ccccc1)C(=O)c1c(C)c(C(=O)OCC)n(CC)c1C. The summed E-state index contributed by atoms with van der Waals surface area (Å²) in [4.78, 5) is 27.9. The fourth-order valence-electron chi connectivity index (χ4n) is 3.63.